The Balaban J connectivity index is 0.998. The molecule has 15 rings (SSSR count). The molecule has 1 spiro atoms. The van der Waals surface area contributed by atoms with Crippen LogP contribution in [0.1, 0.15) is 33.4 Å². The maximum absolute atomic E-state index is 10.2. The fraction of sp³-hybridized carbons (Fsp3) is 0.0164. The smallest absolute Gasteiger partial charge is 0.132 e. The third kappa shape index (κ3) is 4.88. The Hall–Kier alpha value is -9.76. The van der Waals surface area contributed by atoms with E-state index in [1.165, 1.54) is 10.8 Å². The van der Waals surface area contributed by atoms with Crippen LogP contribution in [0.3, 0.4) is 0 Å². The summed E-state index contributed by atoms with van der Waals surface area (Å²) in [4.78, 5) is 10.1. The molecule has 0 bridgehead atoms. The summed E-state index contributed by atoms with van der Waals surface area (Å²) in [7, 11) is 0. The van der Waals surface area contributed by atoms with Gasteiger partial charge >= 0.3 is 0 Å². The highest BCUT2D eigenvalue weighted by atomic mass is 16.5. The summed E-state index contributed by atoms with van der Waals surface area (Å²) < 4.78 is 14.0. The lowest BCUT2D eigenvalue weighted by Crippen LogP contribution is -2.32. The zero-order valence-corrected chi connectivity index (χ0v) is 36.6. The van der Waals surface area contributed by atoms with Gasteiger partial charge in [0.1, 0.15) is 11.5 Å². The van der Waals surface area contributed by atoms with Crippen LogP contribution >= 0.6 is 0 Å². The molecule has 8 nitrogen and oxygen atoms in total. The van der Waals surface area contributed by atoms with Crippen molar-refractivity contribution in [1.82, 2.24) is 23.7 Å². The SMILES string of the molecule is N#Cc1ccc2c(c1)c1ccccc1n2-c1ccc2c(c1)C1(c3cc(-n4c5ccc(C#N)cc5c5cc(-n6c7ccccc7c7ccccc76)ccc54)ccc3O2)c2cccnc2-c2ncccc21. The second kappa shape index (κ2) is 13.6. The summed E-state index contributed by atoms with van der Waals surface area (Å²) in [5.74, 6) is 1.49. The summed E-state index contributed by atoms with van der Waals surface area (Å²) in [6, 6.07) is 70.3. The van der Waals surface area contributed by atoms with Crippen molar-refractivity contribution in [3.8, 4) is 52.1 Å². The zero-order valence-electron chi connectivity index (χ0n) is 36.6. The van der Waals surface area contributed by atoms with Gasteiger partial charge in [-0.1, -0.05) is 66.7 Å². The minimum Gasteiger partial charge on any atom is -0.457 e. The first kappa shape index (κ1) is 37.5. The molecule has 0 radical (unpaired) electrons. The number of benzene rings is 8. The van der Waals surface area contributed by atoms with Crippen LogP contribution in [0.5, 0.6) is 11.5 Å². The summed E-state index contributed by atoms with van der Waals surface area (Å²) in [5, 5.41) is 26.7. The van der Waals surface area contributed by atoms with E-state index in [2.05, 4.69) is 165 Å². The van der Waals surface area contributed by atoms with Gasteiger partial charge in [0.05, 0.1) is 73.2 Å². The lowest BCUT2D eigenvalue weighted by Gasteiger charge is -2.39. The number of pyridine rings is 2. The molecule has 6 heterocycles. The van der Waals surface area contributed by atoms with Crippen molar-refractivity contribution in [3.63, 3.8) is 0 Å². The molecule has 5 aromatic heterocycles. The third-order valence-electron chi connectivity index (χ3n) is 14.6. The topological polar surface area (TPSA) is 97.4 Å². The Labute approximate surface area is 394 Å². The van der Waals surface area contributed by atoms with Crippen molar-refractivity contribution in [2.45, 2.75) is 5.41 Å². The van der Waals surface area contributed by atoms with E-state index in [1.54, 1.807) is 0 Å². The lowest BCUT2D eigenvalue weighted by molar-refractivity contribution is 0.436. The van der Waals surface area contributed by atoms with Crippen molar-refractivity contribution in [3.05, 3.63) is 234 Å². The molecule has 2 aliphatic rings. The molecule has 0 fully saturated rings. The Morgan fingerprint density at radius 2 is 0.754 bits per heavy atom. The van der Waals surface area contributed by atoms with Gasteiger partial charge in [-0.15, -0.1) is 0 Å². The van der Waals surface area contributed by atoms with Crippen LogP contribution in [-0.2, 0) is 5.41 Å². The molecule has 8 heteroatoms. The molecule has 0 saturated carbocycles. The van der Waals surface area contributed by atoms with E-state index < -0.39 is 5.41 Å². The maximum Gasteiger partial charge on any atom is 0.132 e. The second-order valence-electron chi connectivity index (χ2n) is 18.0. The molecule has 0 saturated heterocycles. The Morgan fingerprint density at radius 1 is 0.362 bits per heavy atom. The molecule has 8 aromatic carbocycles. The first-order valence-corrected chi connectivity index (χ1v) is 22.9. The number of hydrogen-bond donors (Lipinski definition) is 0. The van der Waals surface area contributed by atoms with E-state index in [-0.39, 0.29) is 0 Å². The standard InChI is InChI=1S/C61H33N7O/c62-34-36-17-22-54-44(29-36)43-11-3-6-16-53(43)67(54)39-20-25-57-49(32-39)61(47-12-7-27-64-59(47)60-48(61)13-8-28-65-60)50-33-40(21-26-58(50)69-57)68-55-23-18-37(35-63)30-45(55)46-31-38(19-24-56(46)68)66-51-14-4-1-9-41(51)42-10-2-5-15-52(42)66/h1-33H. The van der Waals surface area contributed by atoms with Crippen molar-refractivity contribution in [2.24, 2.45) is 0 Å². The van der Waals surface area contributed by atoms with Crippen LogP contribution in [0.25, 0.3) is 93.9 Å². The van der Waals surface area contributed by atoms with Crippen molar-refractivity contribution >= 4 is 65.4 Å². The van der Waals surface area contributed by atoms with Gasteiger partial charge in [-0.25, -0.2) is 0 Å². The highest BCUT2D eigenvalue weighted by Crippen LogP contribution is 2.62. The summed E-state index contributed by atoms with van der Waals surface area (Å²) >= 11 is 0. The number of fused-ring (bicyclic) bond motifs is 18. The minimum absolute atomic E-state index is 0.599. The number of rotatable bonds is 3. The van der Waals surface area contributed by atoms with Gasteiger partial charge < -0.3 is 18.4 Å². The highest BCUT2D eigenvalue weighted by molar-refractivity contribution is 6.13. The first-order chi connectivity index (χ1) is 34.1. The third-order valence-corrected chi connectivity index (χ3v) is 14.6. The van der Waals surface area contributed by atoms with Crippen LogP contribution in [0.15, 0.2) is 200 Å². The molecule has 1 aliphatic carbocycles. The molecule has 69 heavy (non-hydrogen) atoms. The number of aromatic nitrogens is 5. The number of hydrogen-bond acceptors (Lipinski definition) is 5. The van der Waals surface area contributed by atoms with Gasteiger partial charge in [0.15, 0.2) is 0 Å². The number of nitrogens with zero attached hydrogens (tertiary/aromatic N) is 7. The van der Waals surface area contributed by atoms with Crippen LogP contribution in [0.2, 0.25) is 0 Å². The fourth-order valence-corrected chi connectivity index (χ4v) is 11.9. The van der Waals surface area contributed by atoms with Crippen molar-refractivity contribution < 1.29 is 4.74 Å². The monoisotopic (exact) mass is 879 g/mol. The molecular weight excluding hydrogens is 847 g/mol. The number of ether oxygens (including phenoxy) is 1. The second-order valence-corrected chi connectivity index (χ2v) is 18.0. The minimum atomic E-state index is -0.884. The Bertz CT molecular complexity index is 4420. The van der Waals surface area contributed by atoms with Crippen LogP contribution in [0, 0.1) is 22.7 Å². The maximum atomic E-state index is 10.2. The molecule has 1 aliphatic heterocycles. The highest BCUT2D eigenvalue weighted by Gasteiger charge is 2.52. The molecule has 13 aromatic rings. The lowest BCUT2D eigenvalue weighted by atomic mass is 9.66. The predicted molar refractivity (Wildman–Crippen MR) is 272 cm³/mol. The van der Waals surface area contributed by atoms with Gasteiger partial charge in [-0.05, 0) is 132 Å². The molecule has 0 atom stereocenters. The molecular formula is C61H33N7O. The Morgan fingerprint density at radius 3 is 1.25 bits per heavy atom. The summed E-state index contributed by atoms with van der Waals surface area (Å²) in [6.07, 6.45) is 3.69. The number of nitriles is 2. The van der Waals surface area contributed by atoms with Gasteiger partial charge in [0.25, 0.3) is 0 Å². The fourth-order valence-electron chi connectivity index (χ4n) is 11.9. The van der Waals surface area contributed by atoms with E-state index >= 15 is 0 Å². The predicted octanol–water partition coefficient (Wildman–Crippen LogP) is 14.0. The quantitative estimate of drug-likeness (QED) is 0.176. The van der Waals surface area contributed by atoms with Gasteiger partial charge in [0.2, 0.25) is 0 Å². The zero-order chi connectivity index (χ0) is 45.5. The normalized spacial score (nSPS) is 13.1. The molecule has 0 N–H and O–H groups in total. The van der Waals surface area contributed by atoms with E-state index in [1.807, 2.05) is 60.9 Å². The van der Waals surface area contributed by atoms with Crippen LogP contribution < -0.4 is 4.74 Å². The van der Waals surface area contributed by atoms with E-state index in [0.29, 0.717) is 11.1 Å². The van der Waals surface area contributed by atoms with E-state index in [4.69, 9.17) is 14.7 Å². The molecule has 0 amide bonds. The average Bonchev–Trinajstić information content (AvgIpc) is 4.12. The number of para-hydroxylation sites is 3. The Kier molecular flexibility index (Phi) is 7.41. The van der Waals surface area contributed by atoms with Crippen LogP contribution in [0.4, 0.5) is 0 Å². The summed E-state index contributed by atoms with van der Waals surface area (Å²) in [5.41, 5.74) is 15.3. The van der Waals surface area contributed by atoms with Gasteiger partial charge in [-0.2, -0.15) is 10.5 Å². The molecule has 318 valence electrons. The van der Waals surface area contributed by atoms with Crippen LogP contribution in [-0.4, -0.2) is 23.7 Å². The van der Waals surface area contributed by atoms with Gasteiger partial charge in [-0.3, -0.25) is 9.97 Å². The largest absolute Gasteiger partial charge is 0.457 e. The average molecular weight is 880 g/mol. The van der Waals surface area contributed by atoms with E-state index in [9.17, 15) is 10.5 Å². The first-order valence-electron chi connectivity index (χ1n) is 22.9. The van der Waals surface area contributed by atoms with Gasteiger partial charge in [0, 0.05) is 72.9 Å². The van der Waals surface area contributed by atoms with Crippen molar-refractivity contribution in [1.29, 1.82) is 10.5 Å². The molecule has 0 unspecified atom stereocenters. The van der Waals surface area contributed by atoms with Crippen molar-refractivity contribution in [2.75, 3.05) is 0 Å². The van der Waals surface area contributed by atoms with E-state index in [0.717, 1.165) is 117 Å². The summed E-state index contributed by atoms with van der Waals surface area (Å²) in [6.45, 7) is 0.